The average molecular weight is 687 g/mol. The molecule has 244 valence electrons. The Morgan fingerprint density at radius 3 is 1.53 bits per heavy atom. The van der Waals surface area contributed by atoms with Crippen LogP contribution < -0.4 is 4.74 Å². The first-order valence-corrected chi connectivity index (χ1v) is 17.3. The molecule has 3 aromatic heterocycles. The van der Waals surface area contributed by atoms with Gasteiger partial charge in [0.2, 0.25) is 0 Å². The van der Waals surface area contributed by atoms with Crippen LogP contribution in [0.25, 0.3) is 89.7 Å². The fraction of sp³-hybridized carbons (Fsp3) is 0. The lowest BCUT2D eigenvalue weighted by Gasteiger charge is -2.07. The quantitative estimate of drug-likeness (QED) is 0.155. The van der Waals surface area contributed by atoms with Crippen molar-refractivity contribution < 1.29 is 17.7 Å². The van der Waals surface area contributed by atoms with Crippen molar-refractivity contribution in [3.63, 3.8) is 0 Å². The summed E-state index contributed by atoms with van der Waals surface area (Å²) in [5.41, 5.74) is 4.72. The molecule has 3 N–H and O–H groups in total. The van der Waals surface area contributed by atoms with Gasteiger partial charge >= 0.3 is 0 Å². The molecule has 13 heteroatoms. The second-order valence-corrected chi connectivity index (χ2v) is 13.4. The lowest BCUT2D eigenvalue weighted by Crippen LogP contribution is -1.97. The van der Waals surface area contributed by atoms with Crippen molar-refractivity contribution in [2.75, 3.05) is 0 Å². The van der Waals surface area contributed by atoms with Crippen molar-refractivity contribution in [1.29, 1.82) is 0 Å². The fourth-order valence-electron chi connectivity index (χ4n) is 6.50. The van der Waals surface area contributed by atoms with E-state index in [1.54, 1.807) is 6.07 Å². The SMILES string of the molecule is O=S(=O)(O)c1ccc2c3nc4nc(nc5[nH]c(nc6nc(nc([nH]3)c2c1)-c1ccccc1-6)c1ccccc51)-c1ccc(Oc2ccccc2)cc1-4. The van der Waals surface area contributed by atoms with Gasteiger partial charge in [-0.25, -0.2) is 29.9 Å². The number of aromatic nitrogens is 8. The molecule has 10 rings (SSSR count). The maximum Gasteiger partial charge on any atom is 0.294 e. The fourth-order valence-corrected chi connectivity index (χ4v) is 7.01. The van der Waals surface area contributed by atoms with E-state index < -0.39 is 10.1 Å². The highest BCUT2D eigenvalue weighted by molar-refractivity contribution is 7.85. The molecule has 12 nitrogen and oxygen atoms in total. The topological polar surface area (TPSA) is 173 Å². The molecule has 0 fully saturated rings. The molecule has 5 heterocycles. The predicted molar refractivity (Wildman–Crippen MR) is 192 cm³/mol. The Labute approximate surface area is 288 Å². The van der Waals surface area contributed by atoms with Gasteiger partial charge in [-0.2, -0.15) is 8.42 Å². The summed E-state index contributed by atoms with van der Waals surface area (Å²) >= 11 is 0. The van der Waals surface area contributed by atoms with Crippen molar-refractivity contribution in [2.24, 2.45) is 0 Å². The zero-order chi connectivity index (χ0) is 34.3. The summed E-state index contributed by atoms with van der Waals surface area (Å²) in [6.45, 7) is 0. The van der Waals surface area contributed by atoms with Gasteiger partial charge in [0, 0.05) is 43.8 Å². The molecule has 8 bridgehead atoms. The van der Waals surface area contributed by atoms with Crippen molar-refractivity contribution >= 4 is 54.3 Å². The largest absolute Gasteiger partial charge is 0.457 e. The first kappa shape index (κ1) is 29.1. The number of nitrogens with zero attached hydrogens (tertiary/aromatic N) is 6. The lowest BCUT2D eigenvalue weighted by atomic mass is 10.1. The zero-order valence-electron chi connectivity index (χ0n) is 26.2. The summed E-state index contributed by atoms with van der Waals surface area (Å²) in [6, 6.07) is 34.8. The van der Waals surface area contributed by atoms with Crippen LogP contribution in [0.4, 0.5) is 0 Å². The molecule has 0 unspecified atom stereocenters. The monoisotopic (exact) mass is 686 g/mol. The zero-order valence-corrected chi connectivity index (χ0v) is 27.0. The number of benzene rings is 5. The van der Waals surface area contributed by atoms with Gasteiger partial charge < -0.3 is 14.7 Å². The molecule has 0 saturated carbocycles. The number of nitrogens with one attached hydrogen (secondary N) is 2. The standard InChI is InChI=1S/C38H22N8O4S/c47-51(48,49)22-15-17-28-30(19-22)38-43-34-26-13-7-6-12-25(26)32(41-34)39-31-23-10-4-5-11-24(23)33(40-31)42-35-27-16-14-21(50-20-8-2-1-3-9-20)18-29(27)37(44-35)45-36(28)46-38/h1-19H,(H,47,48,49)(H2,39,40,41,42,43,44,45,46). The van der Waals surface area contributed by atoms with E-state index in [0.29, 0.717) is 68.1 Å². The third kappa shape index (κ3) is 4.82. The summed E-state index contributed by atoms with van der Waals surface area (Å²) < 4.78 is 40.5. The smallest absolute Gasteiger partial charge is 0.294 e. The van der Waals surface area contributed by atoms with Crippen LogP contribution in [0.2, 0.25) is 0 Å². The molecule has 0 spiro atoms. The summed E-state index contributed by atoms with van der Waals surface area (Å²) in [4.78, 5) is 36.1. The molecule has 51 heavy (non-hydrogen) atoms. The Morgan fingerprint density at radius 1 is 0.451 bits per heavy atom. The Bertz CT molecular complexity index is 3050. The number of hydrogen-bond acceptors (Lipinski definition) is 9. The molecular formula is C38H22N8O4S. The van der Waals surface area contributed by atoms with Gasteiger partial charge in [-0.05, 0) is 48.5 Å². The lowest BCUT2D eigenvalue weighted by molar-refractivity contribution is 0.482. The molecule has 2 aliphatic heterocycles. The Morgan fingerprint density at radius 2 is 0.941 bits per heavy atom. The second-order valence-electron chi connectivity index (χ2n) is 12.0. The van der Waals surface area contributed by atoms with Crippen molar-refractivity contribution in [2.45, 2.75) is 4.90 Å². The van der Waals surface area contributed by atoms with Crippen molar-refractivity contribution in [3.05, 3.63) is 115 Å². The van der Waals surface area contributed by atoms with Crippen LogP contribution >= 0.6 is 0 Å². The van der Waals surface area contributed by atoms with Crippen LogP contribution in [-0.2, 0) is 10.1 Å². The molecule has 0 radical (unpaired) electrons. The number of para-hydroxylation sites is 1. The summed E-state index contributed by atoms with van der Waals surface area (Å²) in [6.07, 6.45) is 0. The number of H-pyrrole nitrogens is 2. The molecular weight excluding hydrogens is 665 g/mol. The third-order valence-corrected chi connectivity index (χ3v) is 9.71. The van der Waals surface area contributed by atoms with Gasteiger partial charge in [-0.1, -0.05) is 66.7 Å². The van der Waals surface area contributed by atoms with Gasteiger partial charge in [0.15, 0.2) is 23.3 Å². The molecule has 0 saturated heterocycles. The second kappa shape index (κ2) is 10.8. The van der Waals surface area contributed by atoms with E-state index in [1.807, 2.05) is 97.1 Å². The van der Waals surface area contributed by atoms with Crippen molar-refractivity contribution in [3.8, 4) is 57.1 Å². The molecule has 0 atom stereocenters. The Hall–Kier alpha value is -6.83. The number of fused-ring (bicyclic) bond motifs is 20. The minimum absolute atomic E-state index is 0.284. The molecule has 8 aromatic rings. The van der Waals surface area contributed by atoms with Crippen LogP contribution in [-0.4, -0.2) is 52.8 Å². The van der Waals surface area contributed by atoms with Crippen LogP contribution in [0.1, 0.15) is 0 Å². The van der Waals surface area contributed by atoms with Crippen LogP contribution in [0, 0.1) is 0 Å². The normalized spacial score (nSPS) is 12.2. The van der Waals surface area contributed by atoms with Crippen LogP contribution in [0.15, 0.2) is 120 Å². The van der Waals surface area contributed by atoms with E-state index >= 15 is 0 Å². The van der Waals surface area contributed by atoms with Gasteiger partial charge in [-0.15, -0.1) is 0 Å². The minimum atomic E-state index is -4.52. The van der Waals surface area contributed by atoms with Gasteiger partial charge in [-0.3, -0.25) is 4.55 Å². The highest BCUT2D eigenvalue weighted by atomic mass is 32.2. The average Bonchev–Trinajstić information content (AvgIpc) is 3.87. The molecule has 2 aliphatic rings. The Kier molecular flexibility index (Phi) is 6.19. The summed E-state index contributed by atoms with van der Waals surface area (Å²) in [5, 5.41) is 2.67. The molecule has 5 aromatic carbocycles. The first-order valence-electron chi connectivity index (χ1n) is 15.9. The van der Waals surface area contributed by atoms with Crippen LogP contribution in [0.3, 0.4) is 0 Å². The Balaban J connectivity index is 1.34. The number of rotatable bonds is 3. The van der Waals surface area contributed by atoms with E-state index in [9.17, 15) is 13.0 Å². The number of ether oxygens (including phenoxy) is 1. The van der Waals surface area contributed by atoms with Crippen LogP contribution in [0.5, 0.6) is 11.5 Å². The van der Waals surface area contributed by atoms with E-state index in [-0.39, 0.29) is 10.5 Å². The first-order chi connectivity index (χ1) is 24.9. The number of hydrogen-bond donors (Lipinski definition) is 3. The van der Waals surface area contributed by atoms with Gasteiger partial charge in [0.25, 0.3) is 10.1 Å². The van der Waals surface area contributed by atoms with E-state index in [4.69, 9.17) is 34.6 Å². The van der Waals surface area contributed by atoms with E-state index in [1.165, 1.54) is 12.1 Å². The summed E-state index contributed by atoms with van der Waals surface area (Å²) in [7, 11) is -4.52. The van der Waals surface area contributed by atoms with E-state index in [0.717, 1.165) is 27.5 Å². The van der Waals surface area contributed by atoms with Crippen molar-refractivity contribution in [1.82, 2.24) is 39.9 Å². The minimum Gasteiger partial charge on any atom is -0.457 e. The number of aromatic amines is 2. The highest BCUT2D eigenvalue weighted by Crippen LogP contribution is 2.39. The highest BCUT2D eigenvalue weighted by Gasteiger charge is 2.23. The molecule has 0 amide bonds. The third-order valence-electron chi connectivity index (χ3n) is 8.87. The van der Waals surface area contributed by atoms with Gasteiger partial charge in [0.05, 0.1) is 4.90 Å². The van der Waals surface area contributed by atoms with Gasteiger partial charge in [0.1, 0.15) is 34.1 Å². The van der Waals surface area contributed by atoms with E-state index in [2.05, 4.69) is 9.97 Å². The molecule has 0 aliphatic carbocycles. The maximum absolute atomic E-state index is 12.2. The maximum atomic E-state index is 12.2. The predicted octanol–water partition coefficient (Wildman–Crippen LogP) is 7.91. The summed E-state index contributed by atoms with van der Waals surface area (Å²) in [5.74, 6) is 2.84.